The molecule has 0 aromatic carbocycles. The molecule has 0 aliphatic heterocycles. The number of esters is 1. The zero-order chi connectivity index (χ0) is 14.1. The molecular weight excluding hydrogens is 230 g/mol. The number of carbonyl (C=O) groups is 2. The SMILES string of the molecule is CCCCN(CC(C)C(=O)OC)C(=O)CC(C)C. The Balaban J connectivity index is 4.47. The maximum absolute atomic E-state index is 12.1. The first kappa shape index (κ1) is 16.9. The second kappa shape index (κ2) is 8.95. The summed E-state index contributed by atoms with van der Waals surface area (Å²) in [6.07, 6.45) is 2.55. The van der Waals surface area contributed by atoms with Crippen LogP contribution in [-0.4, -0.2) is 37.0 Å². The summed E-state index contributed by atoms with van der Waals surface area (Å²) in [7, 11) is 1.38. The van der Waals surface area contributed by atoms with Crippen molar-refractivity contribution in [1.82, 2.24) is 4.90 Å². The Morgan fingerprint density at radius 3 is 2.28 bits per heavy atom. The van der Waals surface area contributed by atoms with Gasteiger partial charge in [0, 0.05) is 19.5 Å². The third-order valence-electron chi connectivity index (χ3n) is 2.81. The first-order valence-electron chi connectivity index (χ1n) is 6.77. The molecule has 0 radical (unpaired) electrons. The fourth-order valence-corrected chi connectivity index (χ4v) is 1.75. The number of rotatable bonds is 8. The van der Waals surface area contributed by atoms with E-state index >= 15 is 0 Å². The van der Waals surface area contributed by atoms with Gasteiger partial charge < -0.3 is 9.64 Å². The van der Waals surface area contributed by atoms with Gasteiger partial charge in [0.15, 0.2) is 0 Å². The van der Waals surface area contributed by atoms with Crippen LogP contribution in [0.2, 0.25) is 0 Å². The topological polar surface area (TPSA) is 46.6 Å². The van der Waals surface area contributed by atoms with Crippen molar-refractivity contribution in [3.05, 3.63) is 0 Å². The monoisotopic (exact) mass is 257 g/mol. The number of amides is 1. The van der Waals surface area contributed by atoms with Crippen LogP contribution in [0.3, 0.4) is 0 Å². The lowest BCUT2D eigenvalue weighted by Crippen LogP contribution is -2.38. The van der Waals surface area contributed by atoms with E-state index in [0.29, 0.717) is 18.9 Å². The van der Waals surface area contributed by atoms with Crippen LogP contribution in [0, 0.1) is 11.8 Å². The molecule has 106 valence electrons. The molecule has 0 spiro atoms. The summed E-state index contributed by atoms with van der Waals surface area (Å²) in [5.74, 6) is -0.0407. The maximum atomic E-state index is 12.1. The first-order valence-corrected chi connectivity index (χ1v) is 6.77. The molecule has 4 nitrogen and oxygen atoms in total. The third-order valence-corrected chi connectivity index (χ3v) is 2.81. The molecule has 0 aromatic rings. The van der Waals surface area contributed by atoms with E-state index in [2.05, 4.69) is 6.92 Å². The van der Waals surface area contributed by atoms with E-state index < -0.39 is 0 Å². The zero-order valence-electron chi connectivity index (χ0n) is 12.4. The van der Waals surface area contributed by atoms with Crippen molar-refractivity contribution in [3.63, 3.8) is 0 Å². The molecule has 1 atom stereocenters. The molecule has 0 saturated heterocycles. The van der Waals surface area contributed by atoms with Gasteiger partial charge in [-0.2, -0.15) is 0 Å². The number of hydrogen-bond acceptors (Lipinski definition) is 3. The molecule has 0 rings (SSSR count). The predicted octanol–water partition coefficient (Wildman–Crippen LogP) is 2.47. The van der Waals surface area contributed by atoms with Gasteiger partial charge in [0.05, 0.1) is 13.0 Å². The number of nitrogens with zero attached hydrogens (tertiary/aromatic N) is 1. The van der Waals surface area contributed by atoms with Gasteiger partial charge in [-0.3, -0.25) is 9.59 Å². The van der Waals surface area contributed by atoms with Gasteiger partial charge in [-0.05, 0) is 12.3 Å². The molecule has 0 heterocycles. The van der Waals surface area contributed by atoms with Crippen molar-refractivity contribution < 1.29 is 14.3 Å². The number of carbonyl (C=O) groups excluding carboxylic acids is 2. The van der Waals surface area contributed by atoms with Crippen LogP contribution >= 0.6 is 0 Å². The van der Waals surface area contributed by atoms with Gasteiger partial charge in [-0.15, -0.1) is 0 Å². The van der Waals surface area contributed by atoms with E-state index in [-0.39, 0.29) is 17.8 Å². The Kier molecular flexibility index (Phi) is 8.42. The highest BCUT2D eigenvalue weighted by atomic mass is 16.5. The van der Waals surface area contributed by atoms with Crippen LogP contribution in [0.25, 0.3) is 0 Å². The largest absolute Gasteiger partial charge is 0.469 e. The summed E-state index contributed by atoms with van der Waals surface area (Å²) < 4.78 is 4.70. The Morgan fingerprint density at radius 2 is 1.83 bits per heavy atom. The normalized spacial score (nSPS) is 12.3. The average molecular weight is 257 g/mol. The number of ether oxygens (including phenoxy) is 1. The van der Waals surface area contributed by atoms with Crippen LogP contribution in [0.5, 0.6) is 0 Å². The van der Waals surface area contributed by atoms with Crippen molar-refractivity contribution in [2.24, 2.45) is 11.8 Å². The highest BCUT2D eigenvalue weighted by molar-refractivity contribution is 5.78. The molecule has 1 unspecified atom stereocenters. The summed E-state index contributed by atoms with van der Waals surface area (Å²) in [4.78, 5) is 25.3. The van der Waals surface area contributed by atoms with Crippen molar-refractivity contribution in [2.45, 2.75) is 47.0 Å². The molecular formula is C14H27NO3. The molecule has 4 heteroatoms. The fraction of sp³-hybridized carbons (Fsp3) is 0.857. The minimum atomic E-state index is -0.261. The van der Waals surface area contributed by atoms with Gasteiger partial charge in [0.1, 0.15) is 0 Å². The van der Waals surface area contributed by atoms with Crippen molar-refractivity contribution >= 4 is 11.9 Å². The molecule has 1 amide bonds. The Morgan fingerprint density at radius 1 is 1.22 bits per heavy atom. The molecule has 0 fully saturated rings. The van der Waals surface area contributed by atoms with Crippen molar-refractivity contribution in [2.75, 3.05) is 20.2 Å². The summed E-state index contributed by atoms with van der Waals surface area (Å²) >= 11 is 0. The fourth-order valence-electron chi connectivity index (χ4n) is 1.75. The number of methoxy groups -OCH3 is 1. The summed E-state index contributed by atoms with van der Waals surface area (Å²) in [5.41, 5.74) is 0. The van der Waals surface area contributed by atoms with E-state index in [1.165, 1.54) is 7.11 Å². The summed E-state index contributed by atoms with van der Waals surface area (Å²) in [6, 6.07) is 0. The van der Waals surface area contributed by atoms with Gasteiger partial charge >= 0.3 is 5.97 Å². The lowest BCUT2D eigenvalue weighted by molar-refractivity contribution is -0.146. The van der Waals surface area contributed by atoms with Crippen LogP contribution in [0.15, 0.2) is 0 Å². The second-order valence-corrected chi connectivity index (χ2v) is 5.22. The quantitative estimate of drug-likeness (QED) is 0.628. The Labute approximate surface area is 111 Å². The summed E-state index contributed by atoms with van der Waals surface area (Å²) in [5, 5.41) is 0. The highest BCUT2D eigenvalue weighted by Crippen LogP contribution is 2.09. The molecule has 0 bridgehead atoms. The van der Waals surface area contributed by atoms with E-state index in [1.54, 1.807) is 11.8 Å². The van der Waals surface area contributed by atoms with Gasteiger partial charge in [-0.1, -0.05) is 34.1 Å². The third kappa shape index (κ3) is 6.62. The van der Waals surface area contributed by atoms with Crippen LogP contribution in [0.1, 0.15) is 47.0 Å². The number of hydrogen-bond donors (Lipinski definition) is 0. The lowest BCUT2D eigenvalue weighted by atomic mass is 10.1. The second-order valence-electron chi connectivity index (χ2n) is 5.22. The van der Waals surface area contributed by atoms with Crippen LogP contribution in [0.4, 0.5) is 0 Å². The van der Waals surface area contributed by atoms with Crippen LogP contribution in [-0.2, 0) is 14.3 Å². The highest BCUT2D eigenvalue weighted by Gasteiger charge is 2.21. The lowest BCUT2D eigenvalue weighted by Gasteiger charge is -2.25. The predicted molar refractivity (Wildman–Crippen MR) is 72.1 cm³/mol. The number of unbranched alkanes of at least 4 members (excludes halogenated alkanes) is 1. The van der Waals surface area contributed by atoms with Gasteiger partial charge in [0.25, 0.3) is 0 Å². The smallest absolute Gasteiger partial charge is 0.310 e. The first-order chi connectivity index (χ1) is 8.42. The zero-order valence-corrected chi connectivity index (χ0v) is 12.4. The molecule has 18 heavy (non-hydrogen) atoms. The summed E-state index contributed by atoms with van der Waals surface area (Å²) in [6.45, 7) is 9.13. The Hall–Kier alpha value is -1.06. The van der Waals surface area contributed by atoms with Gasteiger partial charge in [0.2, 0.25) is 5.91 Å². The van der Waals surface area contributed by atoms with Crippen LogP contribution < -0.4 is 0 Å². The molecule has 0 aliphatic rings. The minimum absolute atomic E-state index is 0.134. The molecule has 0 aromatic heterocycles. The van der Waals surface area contributed by atoms with E-state index in [1.807, 2.05) is 13.8 Å². The molecule has 0 saturated carbocycles. The van der Waals surface area contributed by atoms with E-state index in [4.69, 9.17) is 4.74 Å². The van der Waals surface area contributed by atoms with Gasteiger partial charge in [-0.25, -0.2) is 0 Å². The Bertz CT molecular complexity index is 264. The standard InChI is InChI=1S/C14H27NO3/c1-6-7-8-15(13(16)9-11(2)3)10-12(4)14(17)18-5/h11-12H,6-10H2,1-5H3. The molecule has 0 aliphatic carbocycles. The van der Waals surface area contributed by atoms with Crippen molar-refractivity contribution in [3.8, 4) is 0 Å². The minimum Gasteiger partial charge on any atom is -0.469 e. The molecule has 0 N–H and O–H groups in total. The maximum Gasteiger partial charge on any atom is 0.310 e. The van der Waals surface area contributed by atoms with Crippen molar-refractivity contribution in [1.29, 1.82) is 0 Å². The van der Waals surface area contributed by atoms with E-state index in [0.717, 1.165) is 19.4 Å². The van der Waals surface area contributed by atoms with E-state index in [9.17, 15) is 9.59 Å². The average Bonchev–Trinajstić information content (AvgIpc) is 2.31.